The summed E-state index contributed by atoms with van der Waals surface area (Å²) in [6, 6.07) is 3.72. The Labute approximate surface area is 74.5 Å². The van der Waals surface area contributed by atoms with Gasteiger partial charge >= 0.3 is 5.97 Å². The molecule has 12 heavy (non-hydrogen) atoms. The summed E-state index contributed by atoms with van der Waals surface area (Å²) >= 11 is 1.48. The maximum Gasteiger partial charge on any atom is 0.332 e. The second-order valence-electron chi connectivity index (χ2n) is 2.10. The van der Waals surface area contributed by atoms with Crippen LogP contribution in [0.3, 0.4) is 0 Å². The Morgan fingerprint density at radius 2 is 2.50 bits per heavy atom. The Morgan fingerprint density at radius 1 is 1.75 bits per heavy atom. The van der Waals surface area contributed by atoms with Gasteiger partial charge < -0.3 is 10.5 Å². The molecule has 0 aliphatic rings. The highest BCUT2D eigenvalue weighted by Gasteiger charge is 2.00. The zero-order valence-corrected chi connectivity index (χ0v) is 7.43. The van der Waals surface area contributed by atoms with Crippen LogP contribution in [0.1, 0.15) is 4.88 Å². The molecule has 0 fully saturated rings. The molecule has 2 N–H and O–H groups in total. The minimum absolute atomic E-state index is 0.430. The summed E-state index contributed by atoms with van der Waals surface area (Å²) in [5.74, 6) is -0.430. The lowest BCUT2D eigenvalue weighted by molar-refractivity contribution is -0.134. The summed E-state index contributed by atoms with van der Waals surface area (Å²) in [6.07, 6.45) is 1.27. The van der Waals surface area contributed by atoms with Crippen LogP contribution in [0.2, 0.25) is 0 Å². The first-order valence-electron chi connectivity index (χ1n) is 3.33. The van der Waals surface area contributed by atoms with Crippen LogP contribution in [0.5, 0.6) is 0 Å². The maximum atomic E-state index is 10.7. The van der Waals surface area contributed by atoms with Crippen molar-refractivity contribution in [3.63, 3.8) is 0 Å². The van der Waals surface area contributed by atoms with Crippen molar-refractivity contribution < 1.29 is 9.53 Å². The summed E-state index contributed by atoms with van der Waals surface area (Å²) in [7, 11) is 1.32. The van der Waals surface area contributed by atoms with Gasteiger partial charge in [0.15, 0.2) is 0 Å². The van der Waals surface area contributed by atoms with E-state index in [-0.39, 0.29) is 0 Å². The van der Waals surface area contributed by atoms with Gasteiger partial charge in [-0.05, 0) is 11.4 Å². The van der Waals surface area contributed by atoms with Crippen LogP contribution < -0.4 is 5.73 Å². The molecule has 0 spiro atoms. The fraction of sp³-hybridized carbons (Fsp3) is 0.125. The molecule has 0 aliphatic heterocycles. The number of methoxy groups -OCH3 is 1. The van der Waals surface area contributed by atoms with Crippen molar-refractivity contribution in [2.24, 2.45) is 5.73 Å². The van der Waals surface area contributed by atoms with E-state index in [2.05, 4.69) is 4.74 Å². The zero-order valence-electron chi connectivity index (χ0n) is 6.61. The maximum absolute atomic E-state index is 10.7. The van der Waals surface area contributed by atoms with Gasteiger partial charge in [0.2, 0.25) is 0 Å². The van der Waals surface area contributed by atoms with Gasteiger partial charge in [0.25, 0.3) is 0 Å². The largest absolute Gasteiger partial charge is 0.466 e. The molecule has 0 atom stereocenters. The number of hydrogen-bond donors (Lipinski definition) is 1. The SMILES string of the molecule is COC(=O)/C=C(\N)c1cccs1. The monoisotopic (exact) mass is 183 g/mol. The highest BCUT2D eigenvalue weighted by molar-refractivity contribution is 7.11. The predicted octanol–water partition coefficient (Wildman–Crippen LogP) is 1.22. The van der Waals surface area contributed by atoms with Crippen LogP contribution in [-0.2, 0) is 9.53 Å². The first-order chi connectivity index (χ1) is 5.74. The Morgan fingerprint density at radius 3 is 3.00 bits per heavy atom. The zero-order chi connectivity index (χ0) is 8.97. The van der Waals surface area contributed by atoms with E-state index < -0.39 is 5.97 Å². The number of thiophene rings is 1. The molecule has 4 heteroatoms. The quantitative estimate of drug-likeness (QED) is 0.554. The van der Waals surface area contributed by atoms with Gasteiger partial charge in [-0.1, -0.05) is 6.07 Å². The molecule has 0 bridgehead atoms. The highest BCUT2D eigenvalue weighted by atomic mass is 32.1. The normalized spacial score (nSPS) is 11.2. The molecule has 0 saturated heterocycles. The van der Waals surface area contributed by atoms with Gasteiger partial charge in [0.1, 0.15) is 0 Å². The van der Waals surface area contributed by atoms with E-state index in [0.29, 0.717) is 5.70 Å². The van der Waals surface area contributed by atoms with Crippen molar-refractivity contribution in [3.05, 3.63) is 28.5 Å². The minimum atomic E-state index is -0.430. The topological polar surface area (TPSA) is 52.3 Å². The molecule has 64 valence electrons. The van der Waals surface area contributed by atoms with Gasteiger partial charge in [-0.25, -0.2) is 4.79 Å². The molecule has 0 saturated carbocycles. The van der Waals surface area contributed by atoms with Crippen molar-refractivity contribution in [1.82, 2.24) is 0 Å². The molecule has 3 nitrogen and oxygen atoms in total. The van der Waals surface area contributed by atoms with Crippen molar-refractivity contribution in [2.45, 2.75) is 0 Å². The molecule has 0 amide bonds. The summed E-state index contributed by atoms with van der Waals surface area (Å²) < 4.78 is 4.43. The Hall–Kier alpha value is -1.29. The second kappa shape index (κ2) is 3.92. The van der Waals surface area contributed by atoms with Crippen LogP contribution in [0, 0.1) is 0 Å². The Bertz CT molecular complexity index is 290. The van der Waals surface area contributed by atoms with Crippen LogP contribution in [0.25, 0.3) is 5.70 Å². The summed E-state index contributed by atoms with van der Waals surface area (Å²) in [6.45, 7) is 0. The predicted molar refractivity (Wildman–Crippen MR) is 48.5 cm³/mol. The average molecular weight is 183 g/mol. The fourth-order valence-electron chi connectivity index (χ4n) is 0.700. The van der Waals surface area contributed by atoms with Crippen molar-refractivity contribution >= 4 is 23.0 Å². The van der Waals surface area contributed by atoms with Crippen molar-refractivity contribution in [2.75, 3.05) is 7.11 Å². The number of carbonyl (C=O) groups excluding carboxylic acids is 1. The second-order valence-corrected chi connectivity index (χ2v) is 3.05. The molecular formula is C8H9NO2S. The van der Waals surface area contributed by atoms with Crippen molar-refractivity contribution in [1.29, 1.82) is 0 Å². The van der Waals surface area contributed by atoms with E-state index in [9.17, 15) is 4.79 Å². The van der Waals surface area contributed by atoms with E-state index in [1.165, 1.54) is 24.5 Å². The summed E-state index contributed by atoms with van der Waals surface area (Å²) in [5, 5.41) is 1.90. The van der Waals surface area contributed by atoms with Crippen LogP contribution in [0.4, 0.5) is 0 Å². The number of nitrogens with two attached hydrogens (primary N) is 1. The van der Waals surface area contributed by atoms with Gasteiger partial charge in [0.05, 0.1) is 17.7 Å². The molecule has 0 unspecified atom stereocenters. The first kappa shape index (κ1) is 8.80. The Kier molecular flexibility index (Phi) is 2.88. The lowest BCUT2D eigenvalue weighted by atomic mass is 10.3. The number of hydrogen-bond acceptors (Lipinski definition) is 4. The minimum Gasteiger partial charge on any atom is -0.466 e. The van der Waals surface area contributed by atoms with Crippen LogP contribution in [0.15, 0.2) is 23.6 Å². The third-order valence-corrected chi connectivity index (χ3v) is 2.20. The fourth-order valence-corrected chi connectivity index (χ4v) is 1.36. The molecular weight excluding hydrogens is 174 g/mol. The molecule has 0 aromatic carbocycles. The lowest BCUT2D eigenvalue weighted by Crippen LogP contribution is -2.01. The molecule has 1 heterocycles. The molecule has 0 aliphatic carbocycles. The third kappa shape index (κ3) is 2.10. The highest BCUT2D eigenvalue weighted by Crippen LogP contribution is 2.15. The van der Waals surface area contributed by atoms with Crippen molar-refractivity contribution in [3.8, 4) is 0 Å². The molecule has 1 aromatic heterocycles. The van der Waals surface area contributed by atoms with Gasteiger partial charge in [-0.15, -0.1) is 11.3 Å². The van der Waals surface area contributed by atoms with Gasteiger partial charge in [0, 0.05) is 6.08 Å². The van der Waals surface area contributed by atoms with E-state index in [1.54, 1.807) is 0 Å². The van der Waals surface area contributed by atoms with E-state index in [0.717, 1.165) is 4.88 Å². The number of ether oxygens (including phenoxy) is 1. The number of carbonyl (C=O) groups is 1. The number of rotatable bonds is 2. The summed E-state index contributed by atoms with van der Waals surface area (Å²) in [5.41, 5.74) is 6.03. The van der Waals surface area contributed by atoms with E-state index in [1.807, 2.05) is 17.5 Å². The lowest BCUT2D eigenvalue weighted by Gasteiger charge is -1.95. The smallest absolute Gasteiger partial charge is 0.332 e. The van der Waals surface area contributed by atoms with Gasteiger partial charge in [-0.2, -0.15) is 0 Å². The van der Waals surface area contributed by atoms with Crippen LogP contribution in [-0.4, -0.2) is 13.1 Å². The molecule has 1 rings (SSSR count). The van der Waals surface area contributed by atoms with Gasteiger partial charge in [-0.3, -0.25) is 0 Å². The summed E-state index contributed by atoms with van der Waals surface area (Å²) in [4.78, 5) is 11.6. The standard InChI is InChI=1S/C8H9NO2S/c1-11-8(10)5-6(9)7-3-2-4-12-7/h2-5H,9H2,1H3/b6-5-. The third-order valence-electron chi connectivity index (χ3n) is 1.28. The van der Waals surface area contributed by atoms with E-state index in [4.69, 9.17) is 5.73 Å². The average Bonchev–Trinajstić information content (AvgIpc) is 2.56. The Balaban J connectivity index is 2.77. The first-order valence-corrected chi connectivity index (χ1v) is 4.21. The number of esters is 1. The van der Waals surface area contributed by atoms with Crippen LogP contribution >= 0.6 is 11.3 Å². The molecule has 1 aromatic rings. The van der Waals surface area contributed by atoms with E-state index >= 15 is 0 Å². The molecule has 0 radical (unpaired) electrons.